The van der Waals surface area contributed by atoms with E-state index in [-0.39, 0.29) is 11.7 Å². The SMILES string of the molecule is Cc1ccc(NC(=O)CN2CC=C(c3ccc(O)cc3)CC2)c(C)c1. The fourth-order valence-corrected chi connectivity index (χ4v) is 3.14. The zero-order chi connectivity index (χ0) is 17.8. The van der Waals surface area contributed by atoms with Gasteiger partial charge in [0.15, 0.2) is 0 Å². The van der Waals surface area contributed by atoms with Crippen LogP contribution in [0.2, 0.25) is 0 Å². The van der Waals surface area contributed by atoms with Gasteiger partial charge in [-0.2, -0.15) is 0 Å². The van der Waals surface area contributed by atoms with Crippen molar-refractivity contribution in [3.8, 4) is 5.75 Å². The van der Waals surface area contributed by atoms with Crippen LogP contribution in [0, 0.1) is 13.8 Å². The third-order valence-corrected chi connectivity index (χ3v) is 4.55. The molecule has 2 aromatic carbocycles. The maximum absolute atomic E-state index is 12.3. The number of aromatic hydroxyl groups is 1. The van der Waals surface area contributed by atoms with Gasteiger partial charge in [0.25, 0.3) is 0 Å². The van der Waals surface area contributed by atoms with Crippen molar-refractivity contribution < 1.29 is 9.90 Å². The molecule has 1 aliphatic heterocycles. The zero-order valence-corrected chi connectivity index (χ0v) is 14.7. The summed E-state index contributed by atoms with van der Waals surface area (Å²) in [5, 5.41) is 12.4. The van der Waals surface area contributed by atoms with Gasteiger partial charge in [-0.1, -0.05) is 35.9 Å². The largest absolute Gasteiger partial charge is 0.508 e. The fraction of sp³-hybridized carbons (Fsp3) is 0.286. The molecule has 4 heteroatoms. The Morgan fingerprint density at radius 2 is 1.92 bits per heavy atom. The van der Waals surface area contributed by atoms with Crippen molar-refractivity contribution in [2.24, 2.45) is 0 Å². The van der Waals surface area contributed by atoms with Gasteiger partial charge < -0.3 is 10.4 Å². The number of benzene rings is 2. The highest BCUT2D eigenvalue weighted by molar-refractivity contribution is 5.93. The third-order valence-electron chi connectivity index (χ3n) is 4.55. The average Bonchev–Trinajstić information content (AvgIpc) is 2.59. The van der Waals surface area contributed by atoms with Crippen molar-refractivity contribution in [2.75, 3.05) is 25.0 Å². The number of phenolic OH excluding ortho intramolecular Hbond substituents is 1. The molecule has 1 aliphatic rings. The Bertz CT molecular complexity index is 794. The molecule has 0 saturated heterocycles. The van der Waals surface area contributed by atoms with Gasteiger partial charge in [0.1, 0.15) is 5.75 Å². The molecular weight excluding hydrogens is 312 g/mol. The van der Waals surface area contributed by atoms with Gasteiger partial charge in [0, 0.05) is 18.8 Å². The van der Waals surface area contributed by atoms with E-state index in [0.29, 0.717) is 6.54 Å². The molecule has 0 unspecified atom stereocenters. The fourth-order valence-electron chi connectivity index (χ4n) is 3.14. The minimum atomic E-state index is 0.0217. The number of hydrogen-bond acceptors (Lipinski definition) is 3. The van der Waals surface area contributed by atoms with E-state index in [4.69, 9.17) is 0 Å². The second kappa shape index (κ2) is 7.53. The maximum Gasteiger partial charge on any atom is 0.238 e. The summed E-state index contributed by atoms with van der Waals surface area (Å²) in [6.07, 6.45) is 3.07. The minimum absolute atomic E-state index is 0.0217. The normalized spacial score (nSPS) is 14.9. The second-order valence-corrected chi connectivity index (χ2v) is 6.63. The van der Waals surface area contributed by atoms with Crippen molar-refractivity contribution in [3.05, 3.63) is 65.2 Å². The summed E-state index contributed by atoms with van der Waals surface area (Å²) in [7, 11) is 0. The van der Waals surface area contributed by atoms with Gasteiger partial charge in [-0.05, 0) is 55.2 Å². The summed E-state index contributed by atoms with van der Waals surface area (Å²) in [4.78, 5) is 14.4. The molecule has 2 aromatic rings. The lowest BCUT2D eigenvalue weighted by Gasteiger charge is -2.26. The highest BCUT2D eigenvalue weighted by Gasteiger charge is 2.16. The molecule has 0 fully saturated rings. The lowest BCUT2D eigenvalue weighted by Crippen LogP contribution is -2.36. The van der Waals surface area contributed by atoms with Crippen LogP contribution in [0.3, 0.4) is 0 Å². The Kier molecular flexibility index (Phi) is 5.19. The van der Waals surface area contributed by atoms with Crippen LogP contribution in [-0.4, -0.2) is 35.5 Å². The van der Waals surface area contributed by atoms with Crippen molar-refractivity contribution in [1.82, 2.24) is 4.90 Å². The molecule has 3 rings (SSSR count). The summed E-state index contributed by atoms with van der Waals surface area (Å²) in [5.41, 5.74) is 5.57. The van der Waals surface area contributed by atoms with E-state index in [9.17, 15) is 9.90 Å². The highest BCUT2D eigenvalue weighted by atomic mass is 16.3. The average molecular weight is 336 g/mol. The number of anilines is 1. The van der Waals surface area contributed by atoms with Crippen molar-refractivity contribution in [3.63, 3.8) is 0 Å². The number of aryl methyl sites for hydroxylation is 2. The monoisotopic (exact) mass is 336 g/mol. The first-order valence-corrected chi connectivity index (χ1v) is 8.59. The second-order valence-electron chi connectivity index (χ2n) is 6.63. The maximum atomic E-state index is 12.3. The molecule has 1 heterocycles. The van der Waals surface area contributed by atoms with Crippen molar-refractivity contribution in [2.45, 2.75) is 20.3 Å². The van der Waals surface area contributed by atoms with Gasteiger partial charge in [0.2, 0.25) is 5.91 Å². The zero-order valence-electron chi connectivity index (χ0n) is 14.7. The summed E-state index contributed by atoms with van der Waals surface area (Å²) < 4.78 is 0. The Labute approximate surface area is 148 Å². The Morgan fingerprint density at radius 3 is 2.56 bits per heavy atom. The molecule has 0 bridgehead atoms. The first kappa shape index (κ1) is 17.2. The molecular formula is C21H24N2O2. The number of carbonyl (C=O) groups excluding carboxylic acids is 1. The number of amides is 1. The van der Waals surface area contributed by atoms with E-state index >= 15 is 0 Å². The minimum Gasteiger partial charge on any atom is -0.508 e. The Balaban J connectivity index is 1.56. The molecule has 4 nitrogen and oxygen atoms in total. The van der Waals surface area contributed by atoms with Crippen molar-refractivity contribution in [1.29, 1.82) is 0 Å². The highest BCUT2D eigenvalue weighted by Crippen LogP contribution is 2.24. The van der Waals surface area contributed by atoms with Crippen molar-refractivity contribution >= 4 is 17.2 Å². The van der Waals surface area contributed by atoms with Crippen LogP contribution in [0.4, 0.5) is 5.69 Å². The van der Waals surface area contributed by atoms with Gasteiger partial charge >= 0.3 is 0 Å². The lowest BCUT2D eigenvalue weighted by molar-refractivity contribution is -0.117. The molecule has 0 saturated carbocycles. The first-order chi connectivity index (χ1) is 12.0. The lowest BCUT2D eigenvalue weighted by atomic mass is 9.99. The van der Waals surface area contributed by atoms with Crippen LogP contribution in [0.15, 0.2) is 48.5 Å². The summed E-state index contributed by atoms with van der Waals surface area (Å²) in [6.45, 7) is 6.07. The number of nitrogens with zero attached hydrogens (tertiary/aromatic N) is 1. The number of rotatable bonds is 4. The summed E-state index contributed by atoms with van der Waals surface area (Å²) in [6, 6.07) is 13.3. The quantitative estimate of drug-likeness (QED) is 0.894. The molecule has 0 spiro atoms. The molecule has 2 N–H and O–H groups in total. The molecule has 0 aromatic heterocycles. The topological polar surface area (TPSA) is 52.6 Å². The van der Waals surface area contributed by atoms with Gasteiger partial charge in [-0.15, -0.1) is 0 Å². The van der Waals surface area contributed by atoms with Crippen LogP contribution < -0.4 is 5.32 Å². The third kappa shape index (κ3) is 4.48. The van der Waals surface area contributed by atoms with E-state index in [1.165, 1.54) is 11.1 Å². The van der Waals surface area contributed by atoms with E-state index < -0.39 is 0 Å². The van der Waals surface area contributed by atoms with Crippen LogP contribution in [0.1, 0.15) is 23.1 Å². The Morgan fingerprint density at radius 1 is 1.16 bits per heavy atom. The first-order valence-electron chi connectivity index (χ1n) is 8.59. The standard InChI is InChI=1S/C21H24N2O2/c1-15-3-8-20(16(2)13-15)22-21(25)14-23-11-9-18(10-12-23)17-4-6-19(24)7-5-17/h3-9,13,24H,10-12,14H2,1-2H3,(H,22,25). The molecule has 130 valence electrons. The van der Waals surface area contributed by atoms with Gasteiger partial charge in [-0.25, -0.2) is 0 Å². The molecule has 0 radical (unpaired) electrons. The van der Waals surface area contributed by atoms with Crippen LogP contribution in [0.25, 0.3) is 5.57 Å². The smallest absolute Gasteiger partial charge is 0.238 e. The predicted octanol–water partition coefficient (Wildman–Crippen LogP) is 3.74. The van der Waals surface area contributed by atoms with Gasteiger partial charge in [-0.3, -0.25) is 9.69 Å². The van der Waals surface area contributed by atoms with Gasteiger partial charge in [0.05, 0.1) is 6.54 Å². The predicted molar refractivity (Wildman–Crippen MR) is 102 cm³/mol. The molecule has 0 aliphatic carbocycles. The van der Waals surface area contributed by atoms with E-state index in [2.05, 4.69) is 22.4 Å². The van der Waals surface area contributed by atoms with E-state index in [1.807, 2.05) is 38.1 Å². The number of phenols is 1. The van der Waals surface area contributed by atoms with Crippen LogP contribution >= 0.6 is 0 Å². The summed E-state index contributed by atoms with van der Waals surface area (Å²) in [5.74, 6) is 0.304. The number of hydrogen-bond donors (Lipinski definition) is 2. The molecule has 25 heavy (non-hydrogen) atoms. The number of nitrogens with one attached hydrogen (secondary N) is 1. The van der Waals surface area contributed by atoms with E-state index in [0.717, 1.165) is 36.3 Å². The van der Waals surface area contributed by atoms with Crippen LogP contribution in [-0.2, 0) is 4.79 Å². The summed E-state index contributed by atoms with van der Waals surface area (Å²) >= 11 is 0. The number of carbonyl (C=O) groups is 1. The molecule has 1 amide bonds. The Hall–Kier alpha value is -2.59. The van der Waals surface area contributed by atoms with E-state index in [1.54, 1.807) is 12.1 Å². The molecule has 0 atom stereocenters. The van der Waals surface area contributed by atoms with Crippen LogP contribution in [0.5, 0.6) is 5.75 Å².